The van der Waals surface area contributed by atoms with Crippen LogP contribution in [0.5, 0.6) is 5.75 Å². The molecule has 5 aliphatic rings. The zero-order valence-electron chi connectivity index (χ0n) is 44.9. The largest absolute Gasteiger partial charge is 0.507 e. The van der Waals surface area contributed by atoms with E-state index in [4.69, 9.17) is 25.4 Å². The molecule has 2 aromatic carbocycles. The number of hydrogen-bond donors (Lipinski definition) is 4. The van der Waals surface area contributed by atoms with Crippen LogP contribution in [-0.4, -0.2) is 145 Å². The molecule has 5 aromatic rings. The standard InChI is InChI=1S/C59H74N12O6/c1-37(2)56(59(75)70-36-47(72)30-52(70)58(74)63-38(3)43-12-9-40(32-60)10-13-43)54-31-55(66-77-54)69-23-15-41(16-24-69)34-67-21-19-48(20-22-67)76-49-28-46(29-49)68-25-17-44(18-26-68)39(4)71-35-42(33-62-71)11-14-45-27-51(64-65-57(45)61)50-7-5-6-8-53(50)73/h5-10,12-13,27,31,33,35,37-39,41,44,46-49,52,56,72-73H,15-26,28-30,34,36H2,1-4H3,(H2,61,65)(H,63,74)/t38?,39?,46?,47-,49?,52+,56-/m1/s1. The van der Waals surface area contributed by atoms with Crippen molar-refractivity contribution in [3.63, 3.8) is 0 Å². The summed E-state index contributed by atoms with van der Waals surface area (Å²) < 4.78 is 14.7. The highest BCUT2D eigenvalue weighted by Gasteiger charge is 2.44. The third-order valence-corrected chi connectivity index (χ3v) is 17.1. The Hall–Kier alpha value is -6.83. The lowest BCUT2D eigenvalue weighted by Gasteiger charge is -2.47. The quantitative estimate of drug-likeness (QED) is 0.0804. The van der Waals surface area contributed by atoms with Crippen molar-refractivity contribution in [2.45, 2.75) is 134 Å². The lowest BCUT2D eigenvalue weighted by Crippen LogP contribution is -2.52. The number of carbonyl (C=O) groups is 2. The van der Waals surface area contributed by atoms with Crippen LogP contribution in [0.4, 0.5) is 11.6 Å². The van der Waals surface area contributed by atoms with Crippen molar-refractivity contribution >= 4 is 23.5 Å². The molecule has 18 nitrogen and oxygen atoms in total. The van der Waals surface area contributed by atoms with Crippen LogP contribution >= 0.6 is 0 Å². The van der Waals surface area contributed by atoms with Crippen LogP contribution in [0.3, 0.4) is 0 Å². The smallest absolute Gasteiger partial charge is 0.243 e. The van der Waals surface area contributed by atoms with E-state index in [0.717, 1.165) is 114 Å². The number of nitrogen functional groups attached to an aromatic ring is 1. The van der Waals surface area contributed by atoms with Crippen molar-refractivity contribution < 1.29 is 29.1 Å². The van der Waals surface area contributed by atoms with Gasteiger partial charge in [-0.2, -0.15) is 10.4 Å². The minimum atomic E-state index is -0.819. The SMILES string of the molecule is CC(NC(=O)[C@@H]1C[C@@H](O)CN1C(=O)[C@@H](c1cc(N2CCC(CN3CCC(OC4CC(N5CCC(C(C)n6cc(C#Cc7cc(-c8ccccc8O)nnc7N)cn6)CC5)C4)CC3)CC2)no1)C(C)C)c1ccc(C#N)cc1. The van der Waals surface area contributed by atoms with E-state index in [1.165, 1.54) is 4.90 Å². The van der Waals surface area contributed by atoms with Crippen LogP contribution in [0.2, 0.25) is 0 Å². The van der Waals surface area contributed by atoms with E-state index in [1.54, 1.807) is 42.6 Å². The number of phenols is 1. The van der Waals surface area contributed by atoms with Gasteiger partial charge >= 0.3 is 0 Å². The van der Waals surface area contributed by atoms with E-state index >= 15 is 0 Å². The number of aliphatic hydroxyl groups excluding tert-OH is 1. The summed E-state index contributed by atoms with van der Waals surface area (Å²) in [6.45, 7) is 15.3. The third kappa shape index (κ3) is 12.5. The van der Waals surface area contributed by atoms with Crippen LogP contribution in [0, 0.1) is 40.9 Å². The first-order chi connectivity index (χ1) is 37.3. The van der Waals surface area contributed by atoms with E-state index in [-0.39, 0.29) is 54.3 Å². The van der Waals surface area contributed by atoms with Gasteiger partial charge in [0.15, 0.2) is 17.4 Å². The number of aromatic nitrogens is 5. The molecule has 18 heteroatoms. The molecule has 0 bridgehead atoms. The number of aromatic hydroxyl groups is 1. The second-order valence-electron chi connectivity index (χ2n) is 22.6. The summed E-state index contributed by atoms with van der Waals surface area (Å²) in [7, 11) is 0. The average Bonchev–Trinajstić information content (AvgIpc) is 4.21. The van der Waals surface area contributed by atoms with Gasteiger partial charge in [0, 0.05) is 69.6 Å². The van der Waals surface area contributed by atoms with E-state index in [9.17, 15) is 19.8 Å². The Labute approximate surface area is 451 Å². The number of nitriles is 1. The Bertz CT molecular complexity index is 2930. The predicted molar refractivity (Wildman–Crippen MR) is 291 cm³/mol. The maximum Gasteiger partial charge on any atom is 0.243 e. The molecule has 4 aliphatic heterocycles. The lowest BCUT2D eigenvalue weighted by molar-refractivity contribution is -0.141. The van der Waals surface area contributed by atoms with Gasteiger partial charge in [-0.25, -0.2) is 0 Å². The van der Waals surface area contributed by atoms with Crippen molar-refractivity contribution in [1.29, 1.82) is 5.26 Å². The summed E-state index contributed by atoms with van der Waals surface area (Å²) in [5, 5.41) is 50.5. The fourth-order valence-corrected chi connectivity index (χ4v) is 12.3. The van der Waals surface area contributed by atoms with Crippen LogP contribution in [0.15, 0.2) is 77.6 Å². The molecule has 1 saturated carbocycles. The summed E-state index contributed by atoms with van der Waals surface area (Å²) >= 11 is 0. The molecule has 1 aliphatic carbocycles. The lowest BCUT2D eigenvalue weighted by atomic mass is 9.83. The van der Waals surface area contributed by atoms with Crippen molar-refractivity contribution in [1.82, 2.24) is 45.2 Å². The first-order valence-electron chi connectivity index (χ1n) is 27.9. The van der Waals surface area contributed by atoms with E-state index in [1.807, 2.05) is 55.9 Å². The molecular formula is C59H74N12O6. The Kier molecular flexibility index (Phi) is 16.6. The van der Waals surface area contributed by atoms with Gasteiger partial charge in [-0.3, -0.25) is 14.3 Å². The highest BCUT2D eigenvalue weighted by atomic mass is 16.5. The number of benzene rings is 2. The number of ether oxygens (including phenoxy) is 1. The second-order valence-corrected chi connectivity index (χ2v) is 22.6. The Morgan fingerprint density at radius 1 is 0.883 bits per heavy atom. The highest BCUT2D eigenvalue weighted by Crippen LogP contribution is 2.38. The topological polar surface area (TPSA) is 228 Å². The maximum absolute atomic E-state index is 14.3. The molecule has 10 rings (SSSR count). The number of anilines is 2. The number of phenolic OH excluding ortho intramolecular Hbond substituents is 1. The fraction of sp³-hybridized carbons (Fsp3) is 0.542. The summed E-state index contributed by atoms with van der Waals surface area (Å²) in [5.74, 6) is 7.67. The molecule has 2 amide bonds. The van der Waals surface area contributed by atoms with Gasteiger partial charge in [0.05, 0.1) is 65.0 Å². The molecule has 7 heterocycles. The first kappa shape index (κ1) is 53.6. The highest BCUT2D eigenvalue weighted by molar-refractivity contribution is 5.91. The summed E-state index contributed by atoms with van der Waals surface area (Å²) in [4.78, 5) is 36.9. The number of hydrogen-bond acceptors (Lipinski definition) is 15. The number of carbonyl (C=O) groups excluding carboxylic acids is 2. The van der Waals surface area contributed by atoms with E-state index in [0.29, 0.717) is 58.2 Å². The Morgan fingerprint density at radius 2 is 1.62 bits per heavy atom. The number of nitrogens with two attached hydrogens (primary N) is 1. The Balaban J connectivity index is 0.618. The van der Waals surface area contributed by atoms with Crippen molar-refractivity contribution in [3.05, 3.63) is 101 Å². The van der Waals surface area contributed by atoms with Gasteiger partial charge in [-0.05, 0) is 132 Å². The molecule has 3 aromatic heterocycles. The van der Waals surface area contributed by atoms with Gasteiger partial charge in [0.1, 0.15) is 17.7 Å². The van der Waals surface area contributed by atoms with Gasteiger partial charge in [0.25, 0.3) is 0 Å². The van der Waals surface area contributed by atoms with Crippen LogP contribution in [-0.2, 0) is 14.3 Å². The maximum atomic E-state index is 14.3. The molecule has 77 heavy (non-hydrogen) atoms. The molecule has 5 atom stereocenters. The number of rotatable bonds is 15. The predicted octanol–water partition coefficient (Wildman–Crippen LogP) is 6.67. The van der Waals surface area contributed by atoms with Gasteiger partial charge in [0.2, 0.25) is 11.8 Å². The number of nitrogens with zero attached hydrogens (tertiary/aromatic N) is 10. The zero-order valence-corrected chi connectivity index (χ0v) is 44.9. The minimum Gasteiger partial charge on any atom is -0.507 e. The number of aliphatic hydroxyl groups is 1. The van der Waals surface area contributed by atoms with Gasteiger partial charge in [-0.1, -0.05) is 55.1 Å². The summed E-state index contributed by atoms with van der Waals surface area (Å²) in [6.07, 6.45) is 12.6. The minimum absolute atomic E-state index is 0.0696. The average molecular weight is 1050 g/mol. The van der Waals surface area contributed by atoms with Crippen molar-refractivity contribution in [3.8, 4) is 34.9 Å². The molecule has 0 spiro atoms. The van der Waals surface area contributed by atoms with E-state index < -0.39 is 18.1 Å². The molecule has 4 saturated heterocycles. The van der Waals surface area contributed by atoms with Gasteiger partial charge in [-0.15, -0.1) is 10.2 Å². The number of β-amino-alcohol motifs (C(OH)–C–C–N with tert-alkyl or cyclic N) is 1. The number of likely N-dealkylation sites (tertiary alicyclic amines) is 3. The number of piperidine rings is 3. The molecule has 2 unspecified atom stereocenters. The van der Waals surface area contributed by atoms with Gasteiger partial charge < -0.3 is 50.1 Å². The molecule has 5 fully saturated rings. The summed E-state index contributed by atoms with van der Waals surface area (Å²) in [6, 6.07) is 19.5. The normalized spacial score (nSPS) is 23.2. The van der Waals surface area contributed by atoms with Crippen molar-refractivity contribution in [2.24, 2.45) is 17.8 Å². The second kappa shape index (κ2) is 23.8. The molecular weight excluding hydrogens is 973 g/mol. The van der Waals surface area contributed by atoms with Crippen LogP contribution < -0.4 is 16.0 Å². The van der Waals surface area contributed by atoms with Crippen molar-refractivity contribution in [2.75, 3.05) is 63.0 Å². The number of para-hydroxylation sites is 1. The van der Waals surface area contributed by atoms with Crippen LogP contribution in [0.1, 0.15) is 131 Å². The third-order valence-electron chi connectivity index (χ3n) is 17.1. The molecule has 5 N–H and O–H groups in total. The molecule has 0 radical (unpaired) electrons. The molecule has 406 valence electrons. The fourth-order valence-electron chi connectivity index (χ4n) is 12.3. The van der Waals surface area contributed by atoms with E-state index in [2.05, 4.69) is 60.2 Å². The zero-order chi connectivity index (χ0) is 53.7. The number of nitrogens with one attached hydrogen (secondary N) is 1. The monoisotopic (exact) mass is 1050 g/mol. The summed E-state index contributed by atoms with van der Waals surface area (Å²) in [5.41, 5.74) is 9.93. The Morgan fingerprint density at radius 3 is 2.34 bits per heavy atom. The van der Waals surface area contributed by atoms with Crippen LogP contribution in [0.25, 0.3) is 11.3 Å². The first-order valence-corrected chi connectivity index (χ1v) is 27.9. The number of amides is 2.